The second-order valence-electron chi connectivity index (χ2n) is 3.77. The summed E-state index contributed by atoms with van der Waals surface area (Å²) >= 11 is 0. The number of hydrogen-bond donors (Lipinski definition) is 1. The van der Waals surface area contributed by atoms with Crippen molar-refractivity contribution in [1.29, 1.82) is 5.26 Å². The molecule has 1 aromatic rings. The first-order valence-corrected chi connectivity index (χ1v) is 5.47. The number of benzene rings is 1. The van der Waals surface area contributed by atoms with Crippen LogP contribution in [0.3, 0.4) is 0 Å². The van der Waals surface area contributed by atoms with Crippen molar-refractivity contribution in [3.8, 4) is 23.3 Å². The monoisotopic (exact) mass is 251 g/mol. The van der Waals surface area contributed by atoms with Gasteiger partial charge in [0.2, 0.25) is 5.75 Å². The lowest BCUT2D eigenvalue weighted by Crippen LogP contribution is -2.14. The van der Waals surface area contributed by atoms with Crippen LogP contribution in [0.4, 0.5) is 0 Å². The highest BCUT2D eigenvalue weighted by atomic mass is 16.5. The molecule has 0 fully saturated rings. The molecule has 0 aliphatic heterocycles. The summed E-state index contributed by atoms with van der Waals surface area (Å²) in [7, 11) is 4.50. The zero-order valence-electron chi connectivity index (χ0n) is 10.9. The van der Waals surface area contributed by atoms with Gasteiger partial charge in [-0.3, -0.25) is 0 Å². The molecular weight excluding hydrogens is 234 g/mol. The van der Waals surface area contributed by atoms with Gasteiger partial charge in [0, 0.05) is 5.56 Å². The number of methoxy groups -OCH3 is 3. The Bertz CT molecular complexity index is 451. The Kier molecular flexibility index (Phi) is 4.81. The molecule has 0 aromatic heterocycles. The van der Waals surface area contributed by atoms with E-state index in [0.717, 1.165) is 0 Å². The highest BCUT2D eigenvalue weighted by Gasteiger charge is 2.25. The molecule has 1 N–H and O–H groups in total. The predicted octanol–water partition coefficient (Wildman–Crippen LogP) is 1.70. The molecule has 0 bridgehead atoms. The molecule has 0 saturated carbocycles. The fourth-order valence-corrected chi connectivity index (χ4v) is 1.81. The molecule has 0 radical (unpaired) electrons. The summed E-state index contributed by atoms with van der Waals surface area (Å²) in [5.41, 5.74) is 0.577. The minimum atomic E-state index is -0.804. The van der Waals surface area contributed by atoms with E-state index in [-0.39, 0.29) is 0 Å². The van der Waals surface area contributed by atoms with Gasteiger partial charge in [0.25, 0.3) is 0 Å². The SMILES string of the molecule is COc1ccc(C(C#N)C(C)O)c(OC)c1OC. The van der Waals surface area contributed by atoms with Crippen LogP contribution in [0.25, 0.3) is 0 Å². The maximum absolute atomic E-state index is 9.63. The van der Waals surface area contributed by atoms with Gasteiger partial charge in [-0.05, 0) is 19.1 Å². The standard InChI is InChI=1S/C13H17NO4/c1-8(15)10(7-14)9-5-6-11(16-2)13(18-4)12(9)17-3/h5-6,8,10,15H,1-4H3. The molecule has 0 aliphatic carbocycles. The molecule has 1 rings (SSSR count). The van der Waals surface area contributed by atoms with Gasteiger partial charge in [-0.1, -0.05) is 0 Å². The van der Waals surface area contributed by atoms with Crippen LogP contribution < -0.4 is 14.2 Å². The second-order valence-corrected chi connectivity index (χ2v) is 3.77. The van der Waals surface area contributed by atoms with Crippen molar-refractivity contribution in [1.82, 2.24) is 0 Å². The first-order valence-electron chi connectivity index (χ1n) is 5.47. The number of aliphatic hydroxyl groups excluding tert-OH is 1. The highest BCUT2D eigenvalue weighted by molar-refractivity contribution is 5.57. The maximum atomic E-state index is 9.63. The lowest BCUT2D eigenvalue weighted by atomic mass is 9.94. The van der Waals surface area contributed by atoms with Crippen molar-refractivity contribution >= 4 is 0 Å². The van der Waals surface area contributed by atoms with Gasteiger partial charge >= 0.3 is 0 Å². The molecule has 18 heavy (non-hydrogen) atoms. The number of nitrogens with zero attached hydrogens (tertiary/aromatic N) is 1. The van der Waals surface area contributed by atoms with E-state index < -0.39 is 12.0 Å². The maximum Gasteiger partial charge on any atom is 0.203 e. The fourth-order valence-electron chi connectivity index (χ4n) is 1.81. The van der Waals surface area contributed by atoms with Crippen LogP contribution in [0.15, 0.2) is 12.1 Å². The van der Waals surface area contributed by atoms with Crippen LogP contribution in [-0.4, -0.2) is 32.5 Å². The van der Waals surface area contributed by atoms with Crippen LogP contribution in [-0.2, 0) is 0 Å². The smallest absolute Gasteiger partial charge is 0.203 e. The predicted molar refractivity (Wildman–Crippen MR) is 66.1 cm³/mol. The molecular formula is C13H17NO4. The zero-order valence-corrected chi connectivity index (χ0v) is 10.9. The van der Waals surface area contributed by atoms with E-state index in [2.05, 4.69) is 6.07 Å². The molecule has 2 atom stereocenters. The molecule has 5 nitrogen and oxygen atoms in total. The molecule has 0 heterocycles. The van der Waals surface area contributed by atoms with E-state index in [1.807, 2.05) is 0 Å². The van der Waals surface area contributed by atoms with Crippen LogP contribution in [0.1, 0.15) is 18.4 Å². The number of rotatable bonds is 5. The molecule has 0 spiro atoms. The third kappa shape index (κ3) is 2.49. The molecule has 0 amide bonds. The van der Waals surface area contributed by atoms with Gasteiger partial charge in [0.05, 0.1) is 33.5 Å². The fraction of sp³-hybridized carbons (Fsp3) is 0.462. The summed E-state index contributed by atoms with van der Waals surface area (Å²) in [6.07, 6.45) is -0.804. The summed E-state index contributed by atoms with van der Waals surface area (Å²) in [4.78, 5) is 0. The van der Waals surface area contributed by atoms with Crippen LogP contribution in [0.5, 0.6) is 17.2 Å². The Labute approximate surface area is 107 Å². The summed E-state index contributed by atoms with van der Waals surface area (Å²) in [6, 6.07) is 5.43. The minimum Gasteiger partial charge on any atom is -0.493 e. The molecule has 0 aliphatic rings. The number of nitriles is 1. The largest absolute Gasteiger partial charge is 0.493 e. The third-order valence-corrected chi connectivity index (χ3v) is 2.69. The first kappa shape index (κ1) is 14.1. The normalized spacial score (nSPS) is 13.3. The summed E-state index contributed by atoms with van der Waals surface area (Å²) < 4.78 is 15.7. The average Bonchev–Trinajstić information content (AvgIpc) is 2.38. The highest BCUT2D eigenvalue weighted by Crippen LogP contribution is 2.43. The summed E-state index contributed by atoms with van der Waals surface area (Å²) in [6.45, 7) is 1.56. The Morgan fingerprint density at radius 2 is 1.72 bits per heavy atom. The third-order valence-electron chi connectivity index (χ3n) is 2.69. The van der Waals surface area contributed by atoms with Gasteiger partial charge in [0.1, 0.15) is 5.92 Å². The van der Waals surface area contributed by atoms with E-state index in [4.69, 9.17) is 19.5 Å². The van der Waals surface area contributed by atoms with Crippen molar-refractivity contribution in [3.05, 3.63) is 17.7 Å². The van der Waals surface area contributed by atoms with Gasteiger partial charge in [-0.15, -0.1) is 0 Å². The molecule has 2 unspecified atom stereocenters. The van der Waals surface area contributed by atoms with Gasteiger partial charge in [0.15, 0.2) is 11.5 Å². The van der Waals surface area contributed by atoms with Crippen molar-refractivity contribution in [3.63, 3.8) is 0 Å². The molecule has 98 valence electrons. The quantitative estimate of drug-likeness (QED) is 0.862. The van der Waals surface area contributed by atoms with E-state index in [0.29, 0.717) is 22.8 Å². The number of aliphatic hydroxyl groups is 1. The van der Waals surface area contributed by atoms with Gasteiger partial charge in [-0.25, -0.2) is 0 Å². The zero-order chi connectivity index (χ0) is 13.7. The van der Waals surface area contributed by atoms with E-state index in [1.165, 1.54) is 21.3 Å². The van der Waals surface area contributed by atoms with Crippen LogP contribution in [0, 0.1) is 11.3 Å². The summed E-state index contributed by atoms with van der Waals surface area (Å²) in [5.74, 6) is 0.655. The number of hydrogen-bond acceptors (Lipinski definition) is 5. The van der Waals surface area contributed by atoms with Gasteiger partial charge in [-0.2, -0.15) is 5.26 Å². The Hall–Kier alpha value is -1.93. The van der Waals surface area contributed by atoms with E-state index >= 15 is 0 Å². The molecule has 5 heteroatoms. The summed E-state index contributed by atoms with van der Waals surface area (Å²) in [5, 5.41) is 18.7. The second kappa shape index (κ2) is 6.12. The Balaban J connectivity index is 3.42. The Morgan fingerprint density at radius 3 is 2.11 bits per heavy atom. The lowest BCUT2D eigenvalue weighted by Gasteiger charge is -2.19. The van der Waals surface area contributed by atoms with E-state index in [1.54, 1.807) is 19.1 Å². The van der Waals surface area contributed by atoms with Crippen molar-refractivity contribution in [2.45, 2.75) is 18.9 Å². The number of ether oxygens (including phenoxy) is 3. The molecule has 0 saturated heterocycles. The van der Waals surface area contributed by atoms with Crippen molar-refractivity contribution in [2.75, 3.05) is 21.3 Å². The van der Waals surface area contributed by atoms with Crippen LogP contribution >= 0.6 is 0 Å². The van der Waals surface area contributed by atoms with Crippen molar-refractivity contribution in [2.24, 2.45) is 0 Å². The topological polar surface area (TPSA) is 71.7 Å². The van der Waals surface area contributed by atoms with Gasteiger partial charge < -0.3 is 19.3 Å². The lowest BCUT2D eigenvalue weighted by molar-refractivity contribution is 0.179. The van der Waals surface area contributed by atoms with Crippen LogP contribution in [0.2, 0.25) is 0 Å². The minimum absolute atomic E-state index is 0.407. The van der Waals surface area contributed by atoms with Crippen molar-refractivity contribution < 1.29 is 19.3 Å². The molecule has 1 aromatic carbocycles. The average molecular weight is 251 g/mol. The Morgan fingerprint density at radius 1 is 1.11 bits per heavy atom. The van der Waals surface area contributed by atoms with E-state index in [9.17, 15) is 5.11 Å². The first-order chi connectivity index (χ1) is 8.60.